The lowest BCUT2D eigenvalue weighted by Gasteiger charge is -2.35. The van der Waals surface area contributed by atoms with Crippen LogP contribution < -0.4 is 54.0 Å². The van der Waals surface area contributed by atoms with Crippen molar-refractivity contribution >= 4 is 36.2 Å². The Balaban J connectivity index is 1.52. The fourth-order valence-electron chi connectivity index (χ4n) is 8.63. The Hall–Kier alpha value is -4.58. The van der Waals surface area contributed by atoms with Gasteiger partial charge >= 0.3 is 0 Å². The summed E-state index contributed by atoms with van der Waals surface area (Å²) in [6.45, 7) is 7.20. The molecule has 3 atom stereocenters. The highest BCUT2D eigenvalue weighted by Gasteiger charge is 2.32. The molecule has 1 aliphatic heterocycles. The van der Waals surface area contributed by atoms with Crippen LogP contribution in [0.5, 0.6) is 0 Å². The highest BCUT2D eigenvalue weighted by atomic mass is 16.2. The summed E-state index contributed by atoms with van der Waals surface area (Å²) >= 11 is 0. The number of carbonyl (C=O) groups excluding carboxylic acids is 6. The van der Waals surface area contributed by atoms with E-state index in [1.54, 1.807) is 0 Å². The second-order valence-corrected chi connectivity index (χ2v) is 19.0. The van der Waals surface area contributed by atoms with Crippen LogP contribution in [0.1, 0.15) is 121 Å². The van der Waals surface area contributed by atoms with Gasteiger partial charge in [0.25, 0.3) is 0 Å². The fourth-order valence-corrected chi connectivity index (χ4v) is 8.63. The fraction of sp³-hybridized carbons (Fsp3) is 0.654. The van der Waals surface area contributed by atoms with Crippen molar-refractivity contribution < 1.29 is 28.8 Å². The largest absolute Gasteiger partial charge is 0.356 e. The zero-order valence-corrected chi connectivity index (χ0v) is 41.1. The molecule has 0 aromatic heterocycles. The first kappa shape index (κ1) is 57.7. The van der Waals surface area contributed by atoms with Crippen LogP contribution in [0.4, 0.5) is 0 Å². The first-order valence-electron chi connectivity index (χ1n) is 25.4. The minimum Gasteiger partial charge on any atom is -0.356 e. The number of amides is 4. The molecule has 3 unspecified atom stereocenters. The molecule has 1 saturated heterocycles. The monoisotopic (exact) mass is 947 g/mol. The number of hydrogen-bond donors (Lipinski definition) is 10. The summed E-state index contributed by atoms with van der Waals surface area (Å²) < 4.78 is 0. The zero-order valence-electron chi connectivity index (χ0n) is 41.1. The minimum absolute atomic E-state index is 0.0789. The lowest BCUT2D eigenvalue weighted by atomic mass is 9.87. The number of aldehydes is 2. The van der Waals surface area contributed by atoms with E-state index in [-0.39, 0.29) is 55.5 Å². The van der Waals surface area contributed by atoms with Gasteiger partial charge in [-0.1, -0.05) is 112 Å². The van der Waals surface area contributed by atoms with E-state index in [1.165, 1.54) is 12.8 Å². The van der Waals surface area contributed by atoms with E-state index >= 15 is 0 Å². The van der Waals surface area contributed by atoms with Gasteiger partial charge in [-0.25, -0.2) is 0 Å². The van der Waals surface area contributed by atoms with Crippen molar-refractivity contribution in [1.29, 1.82) is 0 Å². The normalized spacial score (nSPS) is 19.6. The minimum atomic E-state index is -0.680. The van der Waals surface area contributed by atoms with E-state index < -0.39 is 23.0 Å². The van der Waals surface area contributed by atoms with E-state index in [0.29, 0.717) is 91.0 Å². The molecule has 68 heavy (non-hydrogen) atoms. The van der Waals surface area contributed by atoms with Gasteiger partial charge in [-0.2, -0.15) is 0 Å². The highest BCUT2D eigenvalue weighted by molar-refractivity contribution is 5.83. The van der Waals surface area contributed by atoms with Crippen LogP contribution in [0.15, 0.2) is 60.7 Å². The quantitative estimate of drug-likeness (QED) is 0.0387. The van der Waals surface area contributed by atoms with Crippen molar-refractivity contribution in [3.63, 3.8) is 0 Å². The molecule has 380 valence electrons. The summed E-state index contributed by atoms with van der Waals surface area (Å²) in [5.74, 6) is -1.07. The summed E-state index contributed by atoms with van der Waals surface area (Å²) in [5, 5.41) is 26.5. The summed E-state index contributed by atoms with van der Waals surface area (Å²) in [7, 11) is 0. The lowest BCUT2D eigenvalue weighted by Crippen LogP contribution is -2.65. The number of carbonyl (C=O) groups is 6. The predicted molar refractivity (Wildman–Crippen MR) is 271 cm³/mol. The molecule has 0 spiro atoms. The zero-order chi connectivity index (χ0) is 49.1. The van der Waals surface area contributed by atoms with Gasteiger partial charge in [-0.3, -0.25) is 19.2 Å². The van der Waals surface area contributed by atoms with Gasteiger partial charge < -0.3 is 63.6 Å². The Morgan fingerprint density at radius 1 is 0.632 bits per heavy atom. The van der Waals surface area contributed by atoms with Crippen molar-refractivity contribution in [2.24, 2.45) is 17.4 Å². The Morgan fingerprint density at radius 3 is 1.69 bits per heavy atom. The standard InChI is InChI=1S/C52H86N10O6/c1-51(38-55-29-31-57-40-52(37-53,41-58-32-30-56-39-51)62-49(67)25-16-18-33-63)61-48(66)27-19-26-47(65)60-46(35-43-22-13-10-14-23-43)45(34-42-20-11-9-12-21-42)50(68)59-28-17-8-6-4-2-3-5-7-15-24-44(54)36-64/h9-14,20-23,33,36,44-46,55-58H,2-8,15-19,24-32,34-35,37-41,53-54H2,1H3,(H,59,68)(H,60,65)(H,61,66)(H,62,67). The van der Waals surface area contributed by atoms with Gasteiger partial charge in [0.15, 0.2) is 0 Å². The number of rotatable bonds is 31. The van der Waals surface area contributed by atoms with Crippen LogP contribution in [0.2, 0.25) is 0 Å². The summed E-state index contributed by atoms with van der Waals surface area (Å²) in [6.07, 6.45) is 14.9. The molecule has 1 fully saturated rings. The number of unbranched alkanes of at least 4 members (excludes halogenated alkanes) is 9. The van der Waals surface area contributed by atoms with Crippen molar-refractivity contribution in [3.05, 3.63) is 71.8 Å². The molecule has 3 rings (SSSR count). The second-order valence-electron chi connectivity index (χ2n) is 19.0. The molecular formula is C52H86N10O6. The van der Waals surface area contributed by atoms with Gasteiger partial charge in [-0.05, 0) is 56.6 Å². The average Bonchev–Trinajstić information content (AvgIpc) is 3.33. The Bertz CT molecular complexity index is 1700. The Labute approximate surface area is 406 Å². The van der Waals surface area contributed by atoms with Gasteiger partial charge in [0, 0.05) is 97.2 Å². The van der Waals surface area contributed by atoms with Crippen LogP contribution in [-0.4, -0.2) is 125 Å². The molecular weight excluding hydrogens is 861 g/mol. The van der Waals surface area contributed by atoms with Crippen LogP contribution in [0.25, 0.3) is 0 Å². The molecule has 2 aromatic carbocycles. The van der Waals surface area contributed by atoms with Gasteiger partial charge in [0.05, 0.1) is 23.0 Å². The van der Waals surface area contributed by atoms with Crippen LogP contribution in [-0.2, 0) is 41.6 Å². The third-order valence-electron chi connectivity index (χ3n) is 12.6. The molecule has 12 N–H and O–H groups in total. The molecule has 0 bridgehead atoms. The summed E-state index contributed by atoms with van der Waals surface area (Å²) in [5.41, 5.74) is 12.6. The maximum absolute atomic E-state index is 14.1. The third kappa shape index (κ3) is 25.2. The number of nitrogens with one attached hydrogen (secondary N) is 8. The molecule has 0 saturated carbocycles. The van der Waals surface area contributed by atoms with Crippen LogP contribution in [0.3, 0.4) is 0 Å². The third-order valence-corrected chi connectivity index (χ3v) is 12.6. The second kappa shape index (κ2) is 34.7. The van der Waals surface area contributed by atoms with Gasteiger partial charge in [0.1, 0.15) is 12.6 Å². The molecule has 16 nitrogen and oxygen atoms in total. The highest BCUT2D eigenvalue weighted by Crippen LogP contribution is 2.19. The first-order valence-corrected chi connectivity index (χ1v) is 25.4. The number of nitrogens with two attached hydrogens (primary N) is 2. The van der Waals surface area contributed by atoms with E-state index in [2.05, 4.69) is 42.5 Å². The molecule has 16 heteroatoms. The average molecular weight is 947 g/mol. The van der Waals surface area contributed by atoms with Crippen LogP contribution in [0, 0.1) is 5.92 Å². The first-order chi connectivity index (χ1) is 33.0. The Morgan fingerprint density at radius 2 is 1.13 bits per heavy atom. The van der Waals surface area contributed by atoms with Crippen molar-refractivity contribution in [2.75, 3.05) is 65.4 Å². The predicted octanol–water partition coefficient (Wildman–Crippen LogP) is 2.72. The lowest BCUT2D eigenvalue weighted by molar-refractivity contribution is -0.127. The van der Waals surface area contributed by atoms with Crippen molar-refractivity contribution in [2.45, 2.75) is 146 Å². The molecule has 0 radical (unpaired) electrons. The molecule has 4 amide bonds. The van der Waals surface area contributed by atoms with Gasteiger partial charge in [0.2, 0.25) is 23.6 Å². The molecule has 1 heterocycles. The summed E-state index contributed by atoms with van der Waals surface area (Å²) in [4.78, 5) is 75.3. The van der Waals surface area contributed by atoms with Crippen LogP contribution >= 0.6 is 0 Å². The van der Waals surface area contributed by atoms with E-state index in [4.69, 9.17) is 11.5 Å². The van der Waals surface area contributed by atoms with E-state index in [1.807, 2.05) is 67.6 Å². The van der Waals surface area contributed by atoms with Crippen molar-refractivity contribution in [3.8, 4) is 0 Å². The number of hydrogen-bond acceptors (Lipinski definition) is 12. The van der Waals surface area contributed by atoms with Gasteiger partial charge in [-0.15, -0.1) is 0 Å². The molecule has 0 aliphatic carbocycles. The van der Waals surface area contributed by atoms with E-state index in [0.717, 1.165) is 75.1 Å². The molecule has 1 aliphatic rings. The molecule has 2 aromatic rings. The maximum atomic E-state index is 14.1. The topological polar surface area (TPSA) is 251 Å². The smallest absolute Gasteiger partial charge is 0.225 e. The maximum Gasteiger partial charge on any atom is 0.225 e. The van der Waals surface area contributed by atoms with Crippen molar-refractivity contribution in [1.82, 2.24) is 42.5 Å². The SMILES string of the molecule is CC1(NC(=O)CCCC(=O)NC(Cc2ccccc2)C(Cc2ccccc2)C(=O)NCCCCCCCCCCCC(N)C=O)CNCCNCC(CN)(NC(=O)CCCC=O)CNCCNC1. The van der Waals surface area contributed by atoms with E-state index in [9.17, 15) is 28.8 Å². The Kier molecular flexibility index (Phi) is 29.4. The number of benzene rings is 2. The summed E-state index contributed by atoms with van der Waals surface area (Å²) in [6, 6.07) is 19.0.